The predicted octanol–water partition coefficient (Wildman–Crippen LogP) is 4.14. The molecule has 0 amide bonds. The van der Waals surface area contributed by atoms with Gasteiger partial charge in [-0.15, -0.1) is 0 Å². The molecule has 1 nitrogen and oxygen atoms in total. The summed E-state index contributed by atoms with van der Waals surface area (Å²) in [6, 6.07) is 0. The average molecular weight is 219 g/mol. The molecule has 1 aliphatic rings. The van der Waals surface area contributed by atoms with Gasteiger partial charge < -0.3 is 4.90 Å². The number of likely N-dealkylation sites (tertiary alicyclic amines) is 1. The second kappa shape index (κ2) is 6.57. The average Bonchev–Trinajstić information content (AvgIpc) is 2.30. The van der Waals surface area contributed by atoms with Crippen molar-refractivity contribution in [3.05, 3.63) is 36.1 Å². The summed E-state index contributed by atoms with van der Waals surface area (Å²) in [5, 5.41) is 0. The Morgan fingerprint density at radius 1 is 1.12 bits per heavy atom. The number of hydrogen-bond acceptors (Lipinski definition) is 1. The third kappa shape index (κ3) is 3.88. The molecular formula is C15H25N. The van der Waals surface area contributed by atoms with Crippen LogP contribution in [0.5, 0.6) is 0 Å². The van der Waals surface area contributed by atoms with Gasteiger partial charge in [0.05, 0.1) is 0 Å². The van der Waals surface area contributed by atoms with E-state index in [-0.39, 0.29) is 0 Å². The topological polar surface area (TPSA) is 3.24 Å². The Kier molecular flexibility index (Phi) is 5.37. The van der Waals surface area contributed by atoms with E-state index in [1.807, 2.05) is 0 Å². The van der Waals surface area contributed by atoms with Gasteiger partial charge in [0.25, 0.3) is 0 Å². The fraction of sp³-hybridized carbons (Fsp3) is 0.600. The van der Waals surface area contributed by atoms with Gasteiger partial charge in [-0.1, -0.05) is 32.6 Å². The molecular weight excluding hydrogens is 194 g/mol. The first-order chi connectivity index (χ1) is 7.65. The van der Waals surface area contributed by atoms with Gasteiger partial charge in [-0.2, -0.15) is 0 Å². The zero-order valence-corrected chi connectivity index (χ0v) is 11.0. The fourth-order valence-electron chi connectivity index (χ4n) is 2.10. The first-order valence-electron chi connectivity index (χ1n) is 6.43. The van der Waals surface area contributed by atoms with Gasteiger partial charge in [-0.3, -0.25) is 0 Å². The van der Waals surface area contributed by atoms with Crippen molar-refractivity contribution in [2.75, 3.05) is 13.1 Å². The molecule has 1 heterocycles. The highest BCUT2D eigenvalue weighted by Crippen LogP contribution is 2.16. The van der Waals surface area contributed by atoms with Crippen molar-refractivity contribution < 1.29 is 0 Å². The van der Waals surface area contributed by atoms with E-state index >= 15 is 0 Å². The first-order valence-corrected chi connectivity index (χ1v) is 6.43. The molecule has 0 aromatic heterocycles. The van der Waals surface area contributed by atoms with E-state index in [1.165, 1.54) is 43.6 Å². The maximum Gasteiger partial charge on any atom is 0.0293 e. The van der Waals surface area contributed by atoms with Crippen LogP contribution in [0.1, 0.15) is 40.0 Å². The van der Waals surface area contributed by atoms with Crippen molar-refractivity contribution >= 4 is 0 Å². The normalized spacial score (nSPS) is 18.5. The third-order valence-electron chi connectivity index (χ3n) is 3.23. The number of piperidine rings is 1. The number of allylic oxidation sites excluding steroid dienone is 4. The third-order valence-corrected chi connectivity index (χ3v) is 3.23. The summed E-state index contributed by atoms with van der Waals surface area (Å²) >= 11 is 0. The molecule has 1 aliphatic heterocycles. The van der Waals surface area contributed by atoms with Crippen LogP contribution in [0.3, 0.4) is 0 Å². The van der Waals surface area contributed by atoms with Crippen LogP contribution in [0.15, 0.2) is 36.1 Å². The van der Waals surface area contributed by atoms with Gasteiger partial charge in [-0.05, 0) is 43.8 Å². The van der Waals surface area contributed by atoms with Crippen LogP contribution < -0.4 is 0 Å². The Bertz CT molecular complexity index is 278. The smallest absolute Gasteiger partial charge is 0.0293 e. The van der Waals surface area contributed by atoms with Crippen LogP contribution in [0.25, 0.3) is 0 Å². The molecule has 90 valence electrons. The zero-order valence-electron chi connectivity index (χ0n) is 11.0. The van der Waals surface area contributed by atoms with Crippen LogP contribution >= 0.6 is 0 Å². The molecule has 0 unspecified atom stereocenters. The molecule has 0 N–H and O–H groups in total. The highest BCUT2D eigenvalue weighted by molar-refractivity contribution is 5.26. The summed E-state index contributed by atoms with van der Waals surface area (Å²) in [5.74, 6) is 0.593. The van der Waals surface area contributed by atoms with Crippen molar-refractivity contribution in [3.63, 3.8) is 0 Å². The van der Waals surface area contributed by atoms with Gasteiger partial charge in [0.15, 0.2) is 0 Å². The Morgan fingerprint density at radius 3 is 2.25 bits per heavy atom. The summed E-state index contributed by atoms with van der Waals surface area (Å²) in [4.78, 5) is 2.40. The zero-order chi connectivity index (χ0) is 12.0. The standard InChI is InChI=1S/C15H25N/c1-5-15(13(2)3)10-9-14(4)16-11-7-6-8-12-16/h5,9-10,13H,4,6-8,11-12H2,1-3H3/b10-9-,15-5+. The molecule has 1 heteroatoms. The quantitative estimate of drug-likeness (QED) is 0.642. The molecule has 0 bridgehead atoms. The van der Waals surface area contributed by atoms with E-state index in [2.05, 4.69) is 50.5 Å². The lowest BCUT2D eigenvalue weighted by molar-refractivity contribution is 0.294. The summed E-state index contributed by atoms with van der Waals surface area (Å²) in [6.07, 6.45) is 10.6. The SMILES string of the molecule is C=C(/C=C\C(=C/C)C(C)C)N1CCCCC1. The van der Waals surface area contributed by atoms with Crippen LogP contribution in [-0.4, -0.2) is 18.0 Å². The molecule has 0 aromatic rings. The minimum Gasteiger partial charge on any atom is -0.372 e. The summed E-state index contributed by atoms with van der Waals surface area (Å²) in [6.45, 7) is 13.1. The first kappa shape index (κ1) is 13.1. The van der Waals surface area contributed by atoms with E-state index < -0.39 is 0 Å². The maximum atomic E-state index is 4.16. The molecule has 16 heavy (non-hydrogen) atoms. The monoisotopic (exact) mass is 219 g/mol. The van der Waals surface area contributed by atoms with Crippen LogP contribution in [-0.2, 0) is 0 Å². The lowest BCUT2D eigenvalue weighted by Crippen LogP contribution is -2.27. The maximum absolute atomic E-state index is 4.16. The van der Waals surface area contributed by atoms with Gasteiger partial charge >= 0.3 is 0 Å². The van der Waals surface area contributed by atoms with Crippen LogP contribution in [0, 0.1) is 5.92 Å². The highest BCUT2D eigenvalue weighted by Gasteiger charge is 2.09. The molecule has 0 atom stereocenters. The summed E-state index contributed by atoms with van der Waals surface area (Å²) in [5.41, 5.74) is 2.55. The molecule has 0 spiro atoms. The molecule has 0 aromatic carbocycles. The van der Waals surface area contributed by atoms with Gasteiger partial charge in [0, 0.05) is 18.8 Å². The Balaban J connectivity index is 2.52. The molecule has 0 radical (unpaired) electrons. The minimum absolute atomic E-state index is 0.593. The van der Waals surface area contributed by atoms with Gasteiger partial charge in [0.1, 0.15) is 0 Å². The van der Waals surface area contributed by atoms with E-state index in [1.54, 1.807) is 0 Å². The minimum atomic E-state index is 0.593. The second-order valence-corrected chi connectivity index (χ2v) is 4.82. The van der Waals surface area contributed by atoms with E-state index in [4.69, 9.17) is 0 Å². The Labute approximate surface area is 101 Å². The van der Waals surface area contributed by atoms with Gasteiger partial charge in [0.2, 0.25) is 0 Å². The Morgan fingerprint density at radius 2 is 1.75 bits per heavy atom. The summed E-state index contributed by atoms with van der Waals surface area (Å²) in [7, 11) is 0. The molecule has 0 aliphatic carbocycles. The number of rotatable bonds is 4. The van der Waals surface area contributed by atoms with Crippen molar-refractivity contribution in [1.29, 1.82) is 0 Å². The van der Waals surface area contributed by atoms with Crippen molar-refractivity contribution in [2.24, 2.45) is 5.92 Å². The van der Waals surface area contributed by atoms with Crippen LogP contribution in [0.4, 0.5) is 0 Å². The summed E-state index contributed by atoms with van der Waals surface area (Å²) < 4.78 is 0. The van der Waals surface area contributed by atoms with E-state index in [0.29, 0.717) is 5.92 Å². The van der Waals surface area contributed by atoms with Crippen molar-refractivity contribution in [3.8, 4) is 0 Å². The van der Waals surface area contributed by atoms with Crippen LogP contribution in [0.2, 0.25) is 0 Å². The molecule has 1 saturated heterocycles. The molecule has 0 saturated carbocycles. The molecule has 1 fully saturated rings. The predicted molar refractivity (Wildman–Crippen MR) is 72.3 cm³/mol. The van der Waals surface area contributed by atoms with Gasteiger partial charge in [-0.25, -0.2) is 0 Å². The van der Waals surface area contributed by atoms with E-state index in [9.17, 15) is 0 Å². The Hall–Kier alpha value is -0.980. The van der Waals surface area contributed by atoms with E-state index in [0.717, 1.165) is 0 Å². The lowest BCUT2D eigenvalue weighted by Gasteiger charge is -2.29. The van der Waals surface area contributed by atoms with Crippen molar-refractivity contribution in [1.82, 2.24) is 4.90 Å². The van der Waals surface area contributed by atoms with Crippen molar-refractivity contribution in [2.45, 2.75) is 40.0 Å². The highest BCUT2D eigenvalue weighted by atomic mass is 15.1. The molecule has 1 rings (SSSR count). The second-order valence-electron chi connectivity index (χ2n) is 4.82. The largest absolute Gasteiger partial charge is 0.372 e. The number of nitrogens with zero attached hydrogens (tertiary/aromatic N) is 1. The number of hydrogen-bond donors (Lipinski definition) is 0. The fourth-order valence-corrected chi connectivity index (χ4v) is 2.10. The lowest BCUT2D eigenvalue weighted by atomic mass is 10.0.